The van der Waals surface area contributed by atoms with Gasteiger partial charge < -0.3 is 14.5 Å². The Morgan fingerprint density at radius 2 is 1.79 bits per heavy atom. The van der Waals surface area contributed by atoms with Gasteiger partial charge in [0.05, 0.1) is 25.1 Å². The van der Waals surface area contributed by atoms with Gasteiger partial charge in [0.15, 0.2) is 16.3 Å². The molecule has 0 radical (unpaired) electrons. The highest BCUT2D eigenvalue weighted by atomic mass is 32.1. The zero-order chi connectivity index (χ0) is 17.3. The fourth-order valence-electron chi connectivity index (χ4n) is 2.45. The number of benzene rings is 2. The van der Waals surface area contributed by atoms with E-state index in [1.54, 1.807) is 36.4 Å². The van der Waals surface area contributed by atoms with Crippen LogP contribution in [0.4, 0.5) is 0 Å². The lowest BCUT2D eigenvalue weighted by atomic mass is 10.2. The highest BCUT2D eigenvalue weighted by Gasteiger charge is 2.16. The van der Waals surface area contributed by atoms with Gasteiger partial charge in [0.1, 0.15) is 0 Å². The molecule has 0 unspecified atom stereocenters. The quantitative estimate of drug-likeness (QED) is 0.741. The summed E-state index contributed by atoms with van der Waals surface area (Å²) in [6.07, 6.45) is 0. The van der Waals surface area contributed by atoms with Gasteiger partial charge in [-0.05, 0) is 42.5 Å². The van der Waals surface area contributed by atoms with E-state index >= 15 is 0 Å². The van der Waals surface area contributed by atoms with Crippen LogP contribution in [0.25, 0.3) is 10.9 Å². The van der Waals surface area contributed by atoms with E-state index in [1.165, 1.54) is 20.3 Å². The summed E-state index contributed by atoms with van der Waals surface area (Å²) in [6, 6.07) is 11.6. The number of fused-ring (bicyclic) bond motifs is 1. The van der Waals surface area contributed by atoms with Crippen LogP contribution < -0.4 is 15.0 Å². The smallest absolute Gasteiger partial charge is 0.269 e. The van der Waals surface area contributed by atoms with Gasteiger partial charge in [-0.1, -0.05) is 12.1 Å². The standard InChI is InChI=1S/C17H14N2O4S/c1-22-13-8-7-10(9-14(13)23-2)15(20)19-16(21)11-5-3-4-6-12(11)18-17(19)24/h3-9H,1-2H3,(H,18,24). The van der Waals surface area contributed by atoms with Crippen LogP contribution in [0.1, 0.15) is 10.4 Å². The number of carbonyl (C=O) groups excluding carboxylic acids is 1. The molecule has 0 atom stereocenters. The summed E-state index contributed by atoms with van der Waals surface area (Å²) in [6.45, 7) is 0. The van der Waals surface area contributed by atoms with E-state index in [9.17, 15) is 9.59 Å². The molecule has 0 fully saturated rings. The minimum atomic E-state index is -0.534. The molecule has 0 saturated heterocycles. The van der Waals surface area contributed by atoms with E-state index in [-0.39, 0.29) is 10.3 Å². The summed E-state index contributed by atoms with van der Waals surface area (Å²) in [5.74, 6) is 0.352. The molecule has 0 aliphatic heterocycles. The van der Waals surface area contributed by atoms with Crippen LogP contribution >= 0.6 is 12.2 Å². The van der Waals surface area contributed by atoms with Crippen molar-refractivity contribution in [2.45, 2.75) is 0 Å². The first-order chi connectivity index (χ1) is 11.6. The first-order valence-electron chi connectivity index (χ1n) is 7.07. The van der Waals surface area contributed by atoms with Crippen LogP contribution in [0, 0.1) is 4.77 Å². The van der Waals surface area contributed by atoms with Crippen molar-refractivity contribution in [3.8, 4) is 11.5 Å². The van der Waals surface area contributed by atoms with Crippen molar-refractivity contribution in [3.05, 3.63) is 63.2 Å². The zero-order valence-corrected chi connectivity index (χ0v) is 13.8. The molecule has 24 heavy (non-hydrogen) atoms. The molecule has 0 bridgehead atoms. The molecular weight excluding hydrogens is 328 g/mol. The molecule has 7 heteroatoms. The maximum atomic E-state index is 12.8. The third kappa shape index (κ3) is 2.59. The maximum Gasteiger partial charge on any atom is 0.269 e. The summed E-state index contributed by atoms with van der Waals surface area (Å²) in [7, 11) is 2.98. The second kappa shape index (κ2) is 6.29. The summed E-state index contributed by atoms with van der Waals surface area (Å²) in [4.78, 5) is 28.3. The Kier molecular flexibility index (Phi) is 4.18. The number of rotatable bonds is 3. The van der Waals surface area contributed by atoms with Crippen LogP contribution in [0.15, 0.2) is 47.3 Å². The van der Waals surface area contributed by atoms with E-state index in [4.69, 9.17) is 21.7 Å². The molecule has 1 aromatic heterocycles. The number of para-hydroxylation sites is 1. The van der Waals surface area contributed by atoms with Crippen molar-refractivity contribution in [3.63, 3.8) is 0 Å². The van der Waals surface area contributed by atoms with Gasteiger partial charge in [0.25, 0.3) is 11.5 Å². The number of nitrogens with zero attached hydrogens (tertiary/aromatic N) is 1. The number of nitrogens with one attached hydrogen (secondary N) is 1. The molecule has 0 spiro atoms. The summed E-state index contributed by atoms with van der Waals surface area (Å²) >= 11 is 5.18. The van der Waals surface area contributed by atoms with Crippen molar-refractivity contribution in [1.29, 1.82) is 0 Å². The first kappa shape index (κ1) is 15.9. The van der Waals surface area contributed by atoms with Gasteiger partial charge in [-0.25, -0.2) is 4.57 Å². The molecule has 6 nitrogen and oxygen atoms in total. The minimum absolute atomic E-state index is 0.0403. The molecule has 1 N–H and O–H groups in total. The van der Waals surface area contributed by atoms with Crippen LogP contribution in [0.2, 0.25) is 0 Å². The lowest BCUT2D eigenvalue weighted by Gasteiger charge is -2.10. The number of ether oxygens (including phenoxy) is 2. The normalized spacial score (nSPS) is 10.6. The highest BCUT2D eigenvalue weighted by molar-refractivity contribution is 7.71. The molecular formula is C17H14N2O4S. The molecule has 2 aromatic carbocycles. The van der Waals surface area contributed by atoms with E-state index in [0.717, 1.165) is 4.57 Å². The molecule has 1 heterocycles. The van der Waals surface area contributed by atoms with Crippen LogP contribution in [-0.2, 0) is 0 Å². The number of hydrogen-bond donors (Lipinski definition) is 1. The SMILES string of the molecule is COc1ccc(C(=O)n2c(=S)[nH]c3ccccc3c2=O)cc1OC. The van der Waals surface area contributed by atoms with Crippen molar-refractivity contribution < 1.29 is 14.3 Å². The predicted molar refractivity (Wildman–Crippen MR) is 92.7 cm³/mol. The second-order valence-corrected chi connectivity index (χ2v) is 5.38. The van der Waals surface area contributed by atoms with Crippen LogP contribution in [0.5, 0.6) is 11.5 Å². The fourth-order valence-corrected chi connectivity index (χ4v) is 2.72. The number of carbonyl (C=O) groups is 1. The molecule has 0 aliphatic rings. The molecule has 122 valence electrons. The van der Waals surface area contributed by atoms with Crippen molar-refractivity contribution in [1.82, 2.24) is 9.55 Å². The third-order valence-electron chi connectivity index (χ3n) is 3.64. The maximum absolute atomic E-state index is 12.8. The van der Waals surface area contributed by atoms with Crippen LogP contribution in [0.3, 0.4) is 0 Å². The lowest BCUT2D eigenvalue weighted by Crippen LogP contribution is -2.29. The first-order valence-corrected chi connectivity index (χ1v) is 7.48. The Morgan fingerprint density at radius 1 is 1.08 bits per heavy atom. The number of aromatic nitrogens is 2. The number of methoxy groups -OCH3 is 2. The lowest BCUT2D eigenvalue weighted by molar-refractivity contribution is 0.0953. The van der Waals surface area contributed by atoms with Crippen molar-refractivity contribution in [2.75, 3.05) is 14.2 Å². The number of aromatic amines is 1. The highest BCUT2D eigenvalue weighted by Crippen LogP contribution is 2.27. The summed E-state index contributed by atoms with van der Waals surface area (Å²) in [5.41, 5.74) is 0.391. The molecule has 3 rings (SSSR count). The fraction of sp³-hybridized carbons (Fsp3) is 0.118. The Hall–Kier alpha value is -2.93. The molecule has 3 aromatic rings. The van der Waals surface area contributed by atoms with E-state index in [1.807, 2.05) is 0 Å². The molecule has 0 saturated carbocycles. The Morgan fingerprint density at radius 3 is 2.50 bits per heavy atom. The number of hydrogen-bond acceptors (Lipinski definition) is 5. The van der Waals surface area contributed by atoms with Gasteiger partial charge in [-0.15, -0.1) is 0 Å². The zero-order valence-electron chi connectivity index (χ0n) is 13.0. The average Bonchev–Trinajstić information content (AvgIpc) is 2.61. The second-order valence-electron chi connectivity index (χ2n) is 4.99. The Labute approximate surface area is 142 Å². The van der Waals surface area contributed by atoms with Crippen LogP contribution in [-0.4, -0.2) is 29.7 Å². The monoisotopic (exact) mass is 342 g/mol. The largest absolute Gasteiger partial charge is 0.493 e. The predicted octanol–water partition coefficient (Wildman–Crippen LogP) is 2.76. The molecule has 0 aliphatic carbocycles. The van der Waals surface area contributed by atoms with Gasteiger partial charge in [-0.3, -0.25) is 9.59 Å². The summed E-state index contributed by atoms with van der Waals surface area (Å²) < 4.78 is 11.3. The Bertz CT molecular complexity index is 1050. The van der Waals surface area contributed by atoms with Gasteiger partial charge in [0.2, 0.25) is 0 Å². The van der Waals surface area contributed by atoms with Gasteiger partial charge in [0, 0.05) is 5.56 Å². The molecule has 0 amide bonds. The topological polar surface area (TPSA) is 73.3 Å². The minimum Gasteiger partial charge on any atom is -0.493 e. The summed E-state index contributed by atoms with van der Waals surface area (Å²) in [5, 5.41) is 0.389. The Balaban J connectivity index is 2.19. The van der Waals surface area contributed by atoms with E-state index in [2.05, 4.69) is 4.98 Å². The number of H-pyrrole nitrogens is 1. The van der Waals surface area contributed by atoms with Crippen molar-refractivity contribution >= 4 is 29.0 Å². The van der Waals surface area contributed by atoms with Gasteiger partial charge in [-0.2, -0.15) is 0 Å². The van der Waals surface area contributed by atoms with E-state index in [0.29, 0.717) is 22.4 Å². The van der Waals surface area contributed by atoms with Crippen molar-refractivity contribution in [2.24, 2.45) is 0 Å². The van der Waals surface area contributed by atoms with E-state index < -0.39 is 11.5 Å². The average molecular weight is 342 g/mol. The third-order valence-corrected chi connectivity index (χ3v) is 3.92. The van der Waals surface area contributed by atoms with Gasteiger partial charge >= 0.3 is 0 Å².